The molecule has 0 saturated carbocycles. The van der Waals surface area contributed by atoms with Crippen LogP contribution in [0.25, 0.3) is 10.9 Å². The van der Waals surface area contributed by atoms with Crippen molar-refractivity contribution in [3.05, 3.63) is 48.7 Å². The van der Waals surface area contributed by atoms with Crippen molar-refractivity contribution >= 4 is 10.9 Å². The van der Waals surface area contributed by atoms with E-state index in [-0.39, 0.29) is 0 Å². The van der Waals surface area contributed by atoms with Gasteiger partial charge >= 0.3 is 0 Å². The smallest absolute Gasteiger partial charge is 0.137 e. The zero-order valence-electron chi connectivity index (χ0n) is 8.80. The van der Waals surface area contributed by atoms with E-state index in [4.69, 9.17) is 0 Å². The molecule has 4 heteroatoms. The van der Waals surface area contributed by atoms with Gasteiger partial charge in [0.05, 0.1) is 0 Å². The van der Waals surface area contributed by atoms with Gasteiger partial charge in [-0.15, -0.1) is 0 Å². The number of hydrogen-bond acceptors (Lipinski definition) is 2. The molecule has 0 spiro atoms. The molecule has 0 atom stereocenters. The topological polar surface area (TPSA) is 46.5 Å². The zero-order chi connectivity index (χ0) is 10.8. The van der Waals surface area contributed by atoms with Crippen LogP contribution in [0.4, 0.5) is 0 Å². The molecule has 3 aromatic rings. The number of aromatic amines is 1. The van der Waals surface area contributed by atoms with Gasteiger partial charge in [0.15, 0.2) is 0 Å². The largest absolute Gasteiger partial charge is 0.361 e. The minimum atomic E-state index is 0.863. The molecule has 1 N–H and O–H groups in total. The molecule has 4 nitrogen and oxygen atoms in total. The highest BCUT2D eigenvalue weighted by atomic mass is 15.3. The predicted molar refractivity (Wildman–Crippen MR) is 62.0 cm³/mol. The van der Waals surface area contributed by atoms with Gasteiger partial charge in [-0.25, -0.2) is 4.98 Å². The van der Waals surface area contributed by atoms with E-state index in [1.165, 1.54) is 16.5 Å². The average Bonchev–Trinajstić information content (AvgIpc) is 2.96. The summed E-state index contributed by atoms with van der Waals surface area (Å²) in [7, 11) is 0. The summed E-state index contributed by atoms with van der Waals surface area (Å²) in [5.41, 5.74) is 2.52. The van der Waals surface area contributed by atoms with Gasteiger partial charge in [0.25, 0.3) is 0 Å². The van der Waals surface area contributed by atoms with Crippen molar-refractivity contribution in [2.24, 2.45) is 0 Å². The average molecular weight is 212 g/mol. The Morgan fingerprint density at radius 3 is 3.06 bits per heavy atom. The summed E-state index contributed by atoms with van der Waals surface area (Å²) in [4.78, 5) is 7.20. The fraction of sp³-hybridized carbons (Fsp3) is 0.167. The second-order valence-corrected chi connectivity index (χ2v) is 3.77. The first-order valence-electron chi connectivity index (χ1n) is 5.31. The molecule has 0 bridgehead atoms. The van der Waals surface area contributed by atoms with Crippen LogP contribution >= 0.6 is 0 Å². The molecule has 1 aromatic carbocycles. The third kappa shape index (κ3) is 1.58. The summed E-state index contributed by atoms with van der Waals surface area (Å²) in [6.07, 6.45) is 6.35. The van der Waals surface area contributed by atoms with Gasteiger partial charge in [0.1, 0.15) is 12.7 Å². The first kappa shape index (κ1) is 9.15. The first-order chi connectivity index (χ1) is 7.93. The van der Waals surface area contributed by atoms with Gasteiger partial charge in [0.2, 0.25) is 0 Å². The van der Waals surface area contributed by atoms with Gasteiger partial charge in [-0.2, -0.15) is 5.10 Å². The number of rotatable bonds is 3. The molecule has 0 saturated heterocycles. The molecule has 2 aromatic heterocycles. The Morgan fingerprint density at radius 2 is 2.19 bits per heavy atom. The number of para-hydroxylation sites is 1. The Bertz CT molecular complexity index is 580. The lowest BCUT2D eigenvalue weighted by Gasteiger charge is -1.99. The van der Waals surface area contributed by atoms with Crippen molar-refractivity contribution in [2.45, 2.75) is 13.0 Å². The summed E-state index contributed by atoms with van der Waals surface area (Å²) in [5.74, 6) is 0. The van der Waals surface area contributed by atoms with E-state index in [0.717, 1.165) is 13.0 Å². The van der Waals surface area contributed by atoms with Crippen LogP contribution in [0.1, 0.15) is 5.56 Å². The second kappa shape index (κ2) is 3.81. The number of aromatic nitrogens is 4. The monoisotopic (exact) mass is 212 g/mol. The lowest BCUT2D eigenvalue weighted by atomic mass is 10.1. The van der Waals surface area contributed by atoms with E-state index in [0.29, 0.717) is 0 Å². The lowest BCUT2D eigenvalue weighted by Crippen LogP contribution is -2.00. The molecule has 3 rings (SSSR count). The summed E-state index contributed by atoms with van der Waals surface area (Å²) in [6, 6.07) is 8.34. The Labute approximate surface area is 92.9 Å². The van der Waals surface area contributed by atoms with Crippen LogP contribution in [0.3, 0.4) is 0 Å². The summed E-state index contributed by atoms with van der Waals surface area (Å²) in [6.45, 7) is 0.863. The number of benzene rings is 1. The van der Waals surface area contributed by atoms with Crippen LogP contribution in [0.5, 0.6) is 0 Å². The molecule has 0 amide bonds. The molecule has 0 radical (unpaired) electrons. The summed E-state index contributed by atoms with van der Waals surface area (Å²) in [5, 5.41) is 5.39. The highest BCUT2D eigenvalue weighted by molar-refractivity contribution is 5.82. The Morgan fingerprint density at radius 1 is 1.25 bits per heavy atom. The molecule has 16 heavy (non-hydrogen) atoms. The van der Waals surface area contributed by atoms with Crippen molar-refractivity contribution in [1.82, 2.24) is 19.7 Å². The van der Waals surface area contributed by atoms with Gasteiger partial charge in [-0.1, -0.05) is 18.2 Å². The molecule has 0 unspecified atom stereocenters. The third-order valence-corrected chi connectivity index (χ3v) is 2.75. The molecule has 0 aliphatic heterocycles. The van der Waals surface area contributed by atoms with E-state index in [2.05, 4.69) is 39.5 Å². The van der Waals surface area contributed by atoms with Crippen LogP contribution in [0, 0.1) is 0 Å². The molecular formula is C12H12N4. The van der Waals surface area contributed by atoms with Crippen molar-refractivity contribution in [2.75, 3.05) is 0 Å². The summed E-state index contributed by atoms with van der Waals surface area (Å²) < 4.78 is 1.85. The van der Waals surface area contributed by atoms with E-state index in [9.17, 15) is 0 Å². The number of hydrogen-bond donors (Lipinski definition) is 1. The van der Waals surface area contributed by atoms with Crippen LogP contribution in [0.15, 0.2) is 43.1 Å². The SMILES string of the molecule is c1ccc2c(CCn3cncn3)c[nH]c2c1. The van der Waals surface area contributed by atoms with Gasteiger partial charge in [-0.05, 0) is 18.1 Å². The maximum absolute atomic E-state index is 4.09. The zero-order valence-corrected chi connectivity index (χ0v) is 8.80. The van der Waals surface area contributed by atoms with Crippen molar-refractivity contribution < 1.29 is 0 Å². The van der Waals surface area contributed by atoms with Crippen molar-refractivity contribution in [1.29, 1.82) is 0 Å². The Kier molecular flexibility index (Phi) is 2.18. The van der Waals surface area contributed by atoms with E-state index < -0.39 is 0 Å². The molecule has 0 fully saturated rings. The fourth-order valence-corrected chi connectivity index (χ4v) is 1.92. The Hall–Kier alpha value is -2.10. The van der Waals surface area contributed by atoms with Gasteiger partial charge < -0.3 is 4.98 Å². The quantitative estimate of drug-likeness (QED) is 0.721. The Balaban J connectivity index is 1.84. The van der Waals surface area contributed by atoms with Crippen LogP contribution in [0.2, 0.25) is 0 Å². The molecular weight excluding hydrogens is 200 g/mol. The lowest BCUT2D eigenvalue weighted by molar-refractivity contribution is 0.614. The first-order valence-corrected chi connectivity index (χ1v) is 5.31. The maximum Gasteiger partial charge on any atom is 0.137 e. The maximum atomic E-state index is 4.09. The molecule has 0 aliphatic rings. The molecule has 2 heterocycles. The highest BCUT2D eigenvalue weighted by Gasteiger charge is 2.02. The van der Waals surface area contributed by atoms with Crippen LogP contribution in [-0.4, -0.2) is 19.7 Å². The molecule has 80 valence electrons. The minimum Gasteiger partial charge on any atom is -0.361 e. The van der Waals surface area contributed by atoms with E-state index >= 15 is 0 Å². The van der Waals surface area contributed by atoms with Crippen LogP contribution < -0.4 is 0 Å². The number of nitrogens with one attached hydrogen (secondary N) is 1. The number of fused-ring (bicyclic) bond motifs is 1. The molecule has 0 aliphatic carbocycles. The van der Waals surface area contributed by atoms with E-state index in [1.807, 2.05) is 10.7 Å². The van der Waals surface area contributed by atoms with Gasteiger partial charge in [0, 0.05) is 23.6 Å². The van der Waals surface area contributed by atoms with Crippen molar-refractivity contribution in [3.8, 4) is 0 Å². The van der Waals surface area contributed by atoms with Gasteiger partial charge in [-0.3, -0.25) is 4.68 Å². The van der Waals surface area contributed by atoms with Crippen molar-refractivity contribution in [3.63, 3.8) is 0 Å². The third-order valence-electron chi connectivity index (χ3n) is 2.75. The highest BCUT2D eigenvalue weighted by Crippen LogP contribution is 2.18. The second-order valence-electron chi connectivity index (χ2n) is 3.77. The van der Waals surface area contributed by atoms with Crippen LogP contribution in [-0.2, 0) is 13.0 Å². The predicted octanol–water partition coefficient (Wildman–Crippen LogP) is 2.00. The normalized spacial score (nSPS) is 11.0. The number of H-pyrrole nitrogens is 1. The minimum absolute atomic E-state index is 0.863. The van der Waals surface area contributed by atoms with E-state index in [1.54, 1.807) is 12.7 Å². The standard InChI is InChI=1S/C12H12N4/c1-2-4-12-11(3-1)10(7-14-12)5-6-16-9-13-8-15-16/h1-4,7-9,14H,5-6H2. The fourth-order valence-electron chi connectivity index (χ4n) is 1.92. The summed E-state index contributed by atoms with van der Waals surface area (Å²) >= 11 is 0. The number of aryl methyl sites for hydroxylation is 2. The number of nitrogens with zero attached hydrogens (tertiary/aromatic N) is 3.